The monoisotopic (exact) mass is 324 g/mol. The van der Waals surface area contributed by atoms with Gasteiger partial charge in [-0.2, -0.15) is 0 Å². The second-order valence-electron chi connectivity index (χ2n) is 3.97. The number of benzene rings is 1. The highest BCUT2D eigenvalue weighted by Gasteiger charge is 2.15. The number of halogens is 1. The molecule has 1 aromatic rings. The second kappa shape index (κ2) is 7.82. The van der Waals surface area contributed by atoms with Crippen LogP contribution in [-0.4, -0.2) is 25.1 Å². The average Bonchev–Trinajstić information content (AvgIpc) is 2.39. The van der Waals surface area contributed by atoms with E-state index in [9.17, 15) is 4.79 Å². The van der Waals surface area contributed by atoms with Crippen molar-refractivity contribution in [3.63, 3.8) is 0 Å². The number of carbonyl (C=O) groups excluding carboxylic acids is 1. The number of nitrogens with one attached hydrogen (secondary N) is 1. The Morgan fingerprint density at radius 2 is 2.37 bits per heavy atom. The Labute approximate surface area is 121 Å². The fourth-order valence-corrected chi connectivity index (χ4v) is 1.95. The van der Waals surface area contributed by atoms with Gasteiger partial charge in [-0.3, -0.25) is 4.79 Å². The molecule has 1 rings (SSSR count). The number of hydrogen-bond donors (Lipinski definition) is 2. The van der Waals surface area contributed by atoms with Gasteiger partial charge in [-0.25, -0.2) is 0 Å². The van der Waals surface area contributed by atoms with E-state index in [4.69, 9.17) is 16.9 Å². The molecular weight excluding hydrogens is 308 g/mol. The standard InChI is InChI=1S/C14H17BrN2O2/c1-3-8-17-14(18)10(2)19-13-5-4-12(15)9-11(13)6-7-16/h1,4-5,9-10H,6-8,16H2,2H3,(H,17,18). The highest BCUT2D eigenvalue weighted by atomic mass is 79.9. The summed E-state index contributed by atoms with van der Waals surface area (Å²) in [5.41, 5.74) is 6.53. The molecule has 0 heterocycles. The smallest absolute Gasteiger partial charge is 0.261 e. The van der Waals surface area contributed by atoms with Crippen molar-refractivity contribution in [3.05, 3.63) is 28.2 Å². The Kier molecular flexibility index (Phi) is 6.40. The normalized spacial score (nSPS) is 11.5. The van der Waals surface area contributed by atoms with Crippen LogP contribution in [0.25, 0.3) is 0 Å². The minimum absolute atomic E-state index is 0.197. The van der Waals surface area contributed by atoms with Crippen molar-refractivity contribution in [1.29, 1.82) is 0 Å². The molecule has 0 radical (unpaired) electrons. The molecule has 4 nitrogen and oxygen atoms in total. The Morgan fingerprint density at radius 1 is 1.63 bits per heavy atom. The summed E-state index contributed by atoms with van der Waals surface area (Å²) in [7, 11) is 0. The lowest BCUT2D eigenvalue weighted by Gasteiger charge is -2.17. The molecule has 0 aliphatic carbocycles. The maximum Gasteiger partial charge on any atom is 0.261 e. The molecule has 0 fully saturated rings. The molecule has 0 aromatic heterocycles. The zero-order valence-electron chi connectivity index (χ0n) is 10.8. The van der Waals surface area contributed by atoms with Gasteiger partial charge in [-0.05, 0) is 43.7 Å². The van der Waals surface area contributed by atoms with E-state index in [1.54, 1.807) is 6.92 Å². The summed E-state index contributed by atoms with van der Waals surface area (Å²) in [6.45, 7) is 2.40. The summed E-state index contributed by atoms with van der Waals surface area (Å²) in [5.74, 6) is 2.77. The molecule has 0 aliphatic heterocycles. The third-order valence-corrected chi connectivity index (χ3v) is 2.97. The summed E-state index contributed by atoms with van der Waals surface area (Å²) in [6, 6.07) is 5.62. The molecule has 102 valence electrons. The highest BCUT2D eigenvalue weighted by Crippen LogP contribution is 2.24. The van der Waals surface area contributed by atoms with Gasteiger partial charge in [-0.1, -0.05) is 21.9 Å². The van der Waals surface area contributed by atoms with Crippen LogP contribution in [0, 0.1) is 12.3 Å². The Hall–Kier alpha value is -1.51. The molecule has 0 aliphatic rings. The molecule has 1 amide bonds. The summed E-state index contributed by atoms with van der Waals surface area (Å²) in [5, 5.41) is 2.58. The van der Waals surface area contributed by atoms with Gasteiger partial charge in [0.1, 0.15) is 5.75 Å². The van der Waals surface area contributed by atoms with E-state index in [2.05, 4.69) is 27.2 Å². The van der Waals surface area contributed by atoms with Gasteiger partial charge < -0.3 is 15.8 Å². The quantitative estimate of drug-likeness (QED) is 0.779. The van der Waals surface area contributed by atoms with E-state index in [1.165, 1.54) is 0 Å². The molecular formula is C14H17BrN2O2. The first-order valence-corrected chi connectivity index (χ1v) is 6.74. The Balaban J connectivity index is 2.75. The Morgan fingerprint density at radius 3 is 3.00 bits per heavy atom. The maximum absolute atomic E-state index is 11.7. The lowest BCUT2D eigenvalue weighted by Crippen LogP contribution is -2.36. The van der Waals surface area contributed by atoms with Crippen LogP contribution in [0.4, 0.5) is 0 Å². The van der Waals surface area contributed by atoms with Crippen LogP contribution in [0.1, 0.15) is 12.5 Å². The summed E-state index contributed by atoms with van der Waals surface area (Å²) < 4.78 is 6.61. The number of carbonyl (C=O) groups is 1. The fourth-order valence-electron chi connectivity index (χ4n) is 1.54. The first-order chi connectivity index (χ1) is 9.08. The van der Waals surface area contributed by atoms with E-state index in [0.29, 0.717) is 18.7 Å². The number of rotatable bonds is 6. The van der Waals surface area contributed by atoms with Gasteiger partial charge in [-0.15, -0.1) is 6.42 Å². The molecule has 1 atom stereocenters. The van der Waals surface area contributed by atoms with E-state index < -0.39 is 6.10 Å². The van der Waals surface area contributed by atoms with E-state index in [1.807, 2.05) is 18.2 Å². The van der Waals surface area contributed by atoms with Crippen molar-refractivity contribution in [2.75, 3.05) is 13.1 Å². The average molecular weight is 325 g/mol. The minimum atomic E-state index is -0.606. The predicted molar refractivity (Wildman–Crippen MR) is 78.8 cm³/mol. The number of nitrogens with two attached hydrogens (primary N) is 1. The second-order valence-corrected chi connectivity index (χ2v) is 4.89. The summed E-state index contributed by atoms with van der Waals surface area (Å²) in [4.78, 5) is 11.7. The van der Waals surface area contributed by atoms with Crippen LogP contribution in [0.2, 0.25) is 0 Å². The van der Waals surface area contributed by atoms with Gasteiger partial charge in [0.25, 0.3) is 5.91 Å². The fraction of sp³-hybridized carbons (Fsp3) is 0.357. The zero-order chi connectivity index (χ0) is 14.3. The highest BCUT2D eigenvalue weighted by molar-refractivity contribution is 9.10. The third kappa shape index (κ3) is 4.93. The summed E-state index contributed by atoms with van der Waals surface area (Å²) in [6.07, 6.45) is 5.17. The molecule has 1 aromatic carbocycles. The molecule has 0 saturated heterocycles. The number of ether oxygens (including phenoxy) is 1. The van der Waals surface area contributed by atoms with Gasteiger partial charge in [0, 0.05) is 4.47 Å². The first-order valence-electron chi connectivity index (χ1n) is 5.94. The Bertz CT molecular complexity index is 483. The van der Waals surface area contributed by atoms with Gasteiger partial charge in [0.15, 0.2) is 6.10 Å². The topological polar surface area (TPSA) is 64.3 Å². The number of hydrogen-bond acceptors (Lipinski definition) is 3. The van der Waals surface area contributed by atoms with Crippen LogP contribution in [0.15, 0.2) is 22.7 Å². The van der Waals surface area contributed by atoms with Gasteiger partial charge in [0.2, 0.25) is 0 Å². The lowest BCUT2D eigenvalue weighted by atomic mass is 10.1. The molecule has 0 spiro atoms. The van der Waals surface area contributed by atoms with Crippen LogP contribution < -0.4 is 15.8 Å². The predicted octanol–water partition coefficient (Wildman–Crippen LogP) is 1.47. The third-order valence-electron chi connectivity index (χ3n) is 2.47. The van der Waals surface area contributed by atoms with Gasteiger partial charge in [0.05, 0.1) is 6.54 Å². The molecule has 3 N–H and O–H groups in total. The molecule has 19 heavy (non-hydrogen) atoms. The lowest BCUT2D eigenvalue weighted by molar-refractivity contribution is -0.127. The zero-order valence-corrected chi connectivity index (χ0v) is 12.4. The van der Waals surface area contributed by atoms with E-state index >= 15 is 0 Å². The van der Waals surface area contributed by atoms with Crippen LogP contribution in [-0.2, 0) is 11.2 Å². The SMILES string of the molecule is C#CCNC(=O)C(C)Oc1ccc(Br)cc1CCN. The largest absolute Gasteiger partial charge is 0.481 e. The minimum Gasteiger partial charge on any atom is -0.481 e. The van der Waals surface area contributed by atoms with Crippen molar-refractivity contribution < 1.29 is 9.53 Å². The van der Waals surface area contributed by atoms with E-state index in [0.717, 1.165) is 10.0 Å². The maximum atomic E-state index is 11.7. The molecule has 5 heteroatoms. The van der Waals surface area contributed by atoms with Crippen molar-refractivity contribution in [1.82, 2.24) is 5.32 Å². The van der Waals surface area contributed by atoms with Crippen molar-refractivity contribution in [2.24, 2.45) is 5.73 Å². The van der Waals surface area contributed by atoms with Crippen LogP contribution in [0.5, 0.6) is 5.75 Å². The summed E-state index contributed by atoms with van der Waals surface area (Å²) >= 11 is 3.40. The van der Waals surface area contributed by atoms with Crippen molar-refractivity contribution >= 4 is 21.8 Å². The molecule has 0 saturated carbocycles. The van der Waals surface area contributed by atoms with E-state index in [-0.39, 0.29) is 12.5 Å². The first kappa shape index (κ1) is 15.5. The van der Waals surface area contributed by atoms with Crippen molar-refractivity contribution in [3.8, 4) is 18.1 Å². The number of amides is 1. The van der Waals surface area contributed by atoms with Crippen LogP contribution >= 0.6 is 15.9 Å². The van der Waals surface area contributed by atoms with Gasteiger partial charge >= 0.3 is 0 Å². The van der Waals surface area contributed by atoms with Crippen molar-refractivity contribution in [2.45, 2.75) is 19.4 Å². The molecule has 0 bridgehead atoms. The van der Waals surface area contributed by atoms with Crippen LogP contribution in [0.3, 0.4) is 0 Å². The number of terminal acetylenes is 1. The molecule has 1 unspecified atom stereocenters.